The molecule has 0 spiro atoms. The molecule has 1 fully saturated rings. The summed E-state index contributed by atoms with van der Waals surface area (Å²) in [5.74, 6) is 3.41. The lowest BCUT2D eigenvalue weighted by molar-refractivity contribution is 0.122. The Labute approximate surface area is 74.7 Å². The van der Waals surface area contributed by atoms with E-state index in [-0.39, 0.29) is 0 Å². The highest BCUT2D eigenvalue weighted by atomic mass is 16.5. The minimum absolute atomic E-state index is 0.669. The van der Waals surface area contributed by atoms with Crippen LogP contribution in [0.3, 0.4) is 0 Å². The Balaban J connectivity index is 1.68. The van der Waals surface area contributed by atoms with Crippen LogP contribution in [0.25, 0.3) is 0 Å². The smallest absolute Gasteiger partial charge is 0.0573 e. The van der Waals surface area contributed by atoms with Crippen molar-refractivity contribution in [2.24, 2.45) is 5.92 Å². The molecule has 2 heteroatoms. The molecule has 1 aliphatic carbocycles. The number of rotatable bonds is 7. The van der Waals surface area contributed by atoms with Gasteiger partial charge in [-0.3, -0.25) is 0 Å². The van der Waals surface area contributed by atoms with Crippen molar-refractivity contribution in [1.82, 2.24) is 5.32 Å². The number of hydrogen-bond acceptors (Lipinski definition) is 2. The summed E-state index contributed by atoms with van der Waals surface area (Å²) in [6.45, 7) is 3.47. The molecule has 1 saturated carbocycles. The average Bonchev–Trinajstić information content (AvgIpc) is 2.87. The van der Waals surface area contributed by atoms with E-state index in [9.17, 15) is 0 Å². The van der Waals surface area contributed by atoms with Crippen molar-refractivity contribution in [1.29, 1.82) is 0 Å². The third kappa shape index (κ3) is 5.17. The molecular formula is C10H17NO. The standard InChI is InChI=1S/C10H17NO/c1-2-6-11-7-3-8-12-9-10-4-5-10/h1,10-11H,3-9H2. The van der Waals surface area contributed by atoms with Crippen molar-refractivity contribution in [2.45, 2.75) is 19.3 Å². The zero-order valence-corrected chi connectivity index (χ0v) is 7.51. The predicted molar refractivity (Wildman–Crippen MR) is 49.9 cm³/mol. The molecule has 68 valence electrons. The van der Waals surface area contributed by atoms with Crippen LogP contribution in [0.4, 0.5) is 0 Å². The highest BCUT2D eigenvalue weighted by molar-refractivity contribution is 4.86. The first-order chi connectivity index (χ1) is 5.93. The molecule has 0 aromatic rings. The summed E-state index contributed by atoms with van der Waals surface area (Å²) in [5.41, 5.74) is 0. The molecule has 1 aliphatic rings. The summed E-state index contributed by atoms with van der Waals surface area (Å²) in [6, 6.07) is 0. The van der Waals surface area contributed by atoms with E-state index in [2.05, 4.69) is 11.2 Å². The lowest BCUT2D eigenvalue weighted by Gasteiger charge is -2.02. The third-order valence-electron chi connectivity index (χ3n) is 1.92. The molecule has 1 N–H and O–H groups in total. The maximum absolute atomic E-state index is 5.45. The topological polar surface area (TPSA) is 21.3 Å². The van der Waals surface area contributed by atoms with E-state index < -0.39 is 0 Å². The molecule has 0 aromatic heterocycles. The van der Waals surface area contributed by atoms with Crippen LogP contribution in [0.1, 0.15) is 19.3 Å². The summed E-state index contributed by atoms with van der Waals surface area (Å²) in [4.78, 5) is 0. The van der Waals surface area contributed by atoms with Gasteiger partial charge in [-0.1, -0.05) is 5.92 Å². The van der Waals surface area contributed by atoms with Gasteiger partial charge >= 0.3 is 0 Å². The number of ether oxygens (including phenoxy) is 1. The van der Waals surface area contributed by atoms with Crippen LogP contribution in [0.5, 0.6) is 0 Å². The van der Waals surface area contributed by atoms with Crippen molar-refractivity contribution >= 4 is 0 Å². The lowest BCUT2D eigenvalue weighted by atomic mass is 10.4. The fourth-order valence-corrected chi connectivity index (χ4v) is 0.994. The monoisotopic (exact) mass is 167 g/mol. The Bertz CT molecular complexity index is 146. The number of hydrogen-bond donors (Lipinski definition) is 1. The van der Waals surface area contributed by atoms with Gasteiger partial charge in [0.1, 0.15) is 0 Å². The van der Waals surface area contributed by atoms with E-state index in [0.29, 0.717) is 6.54 Å². The fraction of sp³-hybridized carbons (Fsp3) is 0.800. The van der Waals surface area contributed by atoms with Gasteiger partial charge in [0.25, 0.3) is 0 Å². The molecule has 0 amide bonds. The summed E-state index contributed by atoms with van der Waals surface area (Å²) < 4.78 is 5.45. The lowest BCUT2D eigenvalue weighted by Crippen LogP contribution is -2.17. The summed E-state index contributed by atoms with van der Waals surface area (Å²) in [5, 5.41) is 3.12. The second-order valence-corrected chi connectivity index (χ2v) is 3.25. The molecule has 0 heterocycles. The van der Waals surface area contributed by atoms with Crippen molar-refractivity contribution in [3.05, 3.63) is 0 Å². The summed E-state index contributed by atoms with van der Waals surface area (Å²) in [6.07, 6.45) is 8.88. The van der Waals surface area contributed by atoms with Gasteiger partial charge in [-0.2, -0.15) is 0 Å². The molecule has 0 aromatic carbocycles. The SMILES string of the molecule is C#CCNCCCOCC1CC1. The van der Waals surface area contributed by atoms with Crippen molar-refractivity contribution in [2.75, 3.05) is 26.3 Å². The van der Waals surface area contributed by atoms with Gasteiger partial charge in [0.15, 0.2) is 0 Å². The molecule has 0 atom stereocenters. The predicted octanol–water partition coefficient (Wildman–Crippen LogP) is 1.03. The second kappa shape index (κ2) is 6.05. The first-order valence-electron chi connectivity index (χ1n) is 4.65. The minimum Gasteiger partial charge on any atom is -0.381 e. The highest BCUT2D eigenvalue weighted by Crippen LogP contribution is 2.28. The van der Waals surface area contributed by atoms with Gasteiger partial charge in [0, 0.05) is 13.2 Å². The summed E-state index contributed by atoms with van der Waals surface area (Å²) in [7, 11) is 0. The second-order valence-electron chi connectivity index (χ2n) is 3.25. The van der Waals surface area contributed by atoms with Crippen LogP contribution in [0.2, 0.25) is 0 Å². The van der Waals surface area contributed by atoms with Crippen LogP contribution in [0.15, 0.2) is 0 Å². The highest BCUT2D eigenvalue weighted by Gasteiger charge is 2.20. The Kier molecular flexibility index (Phi) is 4.82. The zero-order chi connectivity index (χ0) is 8.65. The average molecular weight is 167 g/mol. The van der Waals surface area contributed by atoms with Gasteiger partial charge in [-0.15, -0.1) is 6.42 Å². The summed E-state index contributed by atoms with van der Waals surface area (Å²) >= 11 is 0. The minimum atomic E-state index is 0.669. The van der Waals surface area contributed by atoms with Crippen molar-refractivity contribution in [3.63, 3.8) is 0 Å². The Morgan fingerprint density at radius 1 is 1.50 bits per heavy atom. The largest absolute Gasteiger partial charge is 0.381 e. The van der Waals surface area contributed by atoms with Crippen molar-refractivity contribution < 1.29 is 4.74 Å². The van der Waals surface area contributed by atoms with Gasteiger partial charge in [0.05, 0.1) is 6.54 Å². The Hall–Kier alpha value is -0.520. The molecule has 0 saturated heterocycles. The van der Waals surface area contributed by atoms with Crippen LogP contribution >= 0.6 is 0 Å². The van der Waals surface area contributed by atoms with E-state index in [1.54, 1.807) is 0 Å². The van der Waals surface area contributed by atoms with Crippen molar-refractivity contribution in [3.8, 4) is 12.3 Å². The maximum atomic E-state index is 5.45. The first kappa shape index (κ1) is 9.57. The van der Waals surface area contributed by atoms with E-state index in [4.69, 9.17) is 11.2 Å². The van der Waals surface area contributed by atoms with Gasteiger partial charge in [-0.25, -0.2) is 0 Å². The quantitative estimate of drug-likeness (QED) is 0.451. The molecule has 1 rings (SSSR count). The third-order valence-corrected chi connectivity index (χ3v) is 1.92. The van der Waals surface area contributed by atoms with Crippen LogP contribution < -0.4 is 5.32 Å². The van der Waals surface area contributed by atoms with E-state index in [0.717, 1.165) is 32.1 Å². The van der Waals surface area contributed by atoms with E-state index >= 15 is 0 Å². The molecule has 0 radical (unpaired) electrons. The van der Waals surface area contributed by atoms with Crippen LogP contribution in [-0.2, 0) is 4.74 Å². The first-order valence-corrected chi connectivity index (χ1v) is 4.65. The van der Waals surface area contributed by atoms with E-state index in [1.165, 1.54) is 12.8 Å². The molecule has 0 bridgehead atoms. The molecule has 0 unspecified atom stereocenters. The van der Waals surface area contributed by atoms with Crippen LogP contribution in [0, 0.1) is 18.3 Å². The molecule has 0 aliphatic heterocycles. The van der Waals surface area contributed by atoms with Gasteiger partial charge in [0.2, 0.25) is 0 Å². The normalized spacial score (nSPS) is 15.9. The Morgan fingerprint density at radius 3 is 3.00 bits per heavy atom. The Morgan fingerprint density at radius 2 is 2.33 bits per heavy atom. The fourth-order valence-electron chi connectivity index (χ4n) is 0.994. The van der Waals surface area contributed by atoms with Crippen LogP contribution in [-0.4, -0.2) is 26.3 Å². The molecule has 2 nitrogen and oxygen atoms in total. The van der Waals surface area contributed by atoms with Gasteiger partial charge < -0.3 is 10.1 Å². The number of terminal acetylenes is 1. The maximum Gasteiger partial charge on any atom is 0.0573 e. The van der Waals surface area contributed by atoms with E-state index in [1.807, 2.05) is 0 Å². The van der Waals surface area contributed by atoms with Gasteiger partial charge in [-0.05, 0) is 31.7 Å². The molecular weight excluding hydrogens is 150 g/mol. The zero-order valence-electron chi connectivity index (χ0n) is 7.51. The number of nitrogens with one attached hydrogen (secondary N) is 1. The molecule has 12 heavy (non-hydrogen) atoms.